The van der Waals surface area contributed by atoms with E-state index in [1.54, 1.807) is 0 Å². The number of allylic oxidation sites excluding steroid dienone is 5. The van der Waals surface area contributed by atoms with Crippen molar-refractivity contribution in [3.63, 3.8) is 0 Å². The first kappa shape index (κ1) is 13.9. The highest BCUT2D eigenvalue weighted by molar-refractivity contribution is 5.58. The summed E-state index contributed by atoms with van der Waals surface area (Å²) in [6.07, 6.45) is 16.9. The van der Waals surface area contributed by atoms with Crippen molar-refractivity contribution >= 4 is 5.69 Å². The molecule has 1 nitrogen and oxygen atoms in total. The van der Waals surface area contributed by atoms with Crippen molar-refractivity contribution in [2.75, 3.05) is 4.90 Å². The Labute approximate surface area is 128 Å². The van der Waals surface area contributed by atoms with Gasteiger partial charge >= 0.3 is 0 Å². The van der Waals surface area contributed by atoms with E-state index < -0.39 is 0 Å². The van der Waals surface area contributed by atoms with Crippen LogP contribution < -0.4 is 4.90 Å². The van der Waals surface area contributed by atoms with Gasteiger partial charge in [0.2, 0.25) is 0 Å². The normalized spacial score (nSPS) is 27.5. The molecule has 1 aromatic rings. The van der Waals surface area contributed by atoms with Crippen molar-refractivity contribution in [3.8, 4) is 0 Å². The van der Waals surface area contributed by atoms with Gasteiger partial charge in [-0.15, -0.1) is 0 Å². The zero-order valence-electron chi connectivity index (χ0n) is 12.8. The second-order valence-electron chi connectivity index (χ2n) is 5.99. The van der Waals surface area contributed by atoms with Crippen molar-refractivity contribution in [2.24, 2.45) is 11.8 Å². The van der Waals surface area contributed by atoms with Crippen molar-refractivity contribution in [2.45, 2.75) is 26.3 Å². The van der Waals surface area contributed by atoms with Crippen molar-refractivity contribution in [1.82, 2.24) is 0 Å². The van der Waals surface area contributed by atoms with E-state index >= 15 is 0 Å². The summed E-state index contributed by atoms with van der Waals surface area (Å²) in [4.78, 5) is 2.46. The first-order valence-corrected chi connectivity index (χ1v) is 7.83. The molecule has 0 amide bonds. The van der Waals surface area contributed by atoms with E-state index in [0.717, 1.165) is 6.42 Å². The monoisotopic (exact) mass is 277 g/mol. The van der Waals surface area contributed by atoms with Crippen molar-refractivity contribution < 1.29 is 0 Å². The molecule has 0 aliphatic heterocycles. The van der Waals surface area contributed by atoms with Crippen molar-refractivity contribution in [3.05, 3.63) is 78.6 Å². The van der Waals surface area contributed by atoms with Crippen LogP contribution in [0.4, 0.5) is 5.69 Å². The Balaban J connectivity index is 1.97. The summed E-state index contributed by atoms with van der Waals surface area (Å²) in [6, 6.07) is 11.1. The molecule has 2 aliphatic rings. The predicted octanol–water partition coefficient (Wildman–Crippen LogP) is 5.10. The fourth-order valence-electron chi connectivity index (χ4n) is 2.94. The van der Waals surface area contributed by atoms with Crippen molar-refractivity contribution in [1.29, 1.82) is 0 Å². The second-order valence-corrected chi connectivity index (χ2v) is 5.99. The number of rotatable bonds is 3. The summed E-state index contributed by atoms with van der Waals surface area (Å²) in [5.41, 5.74) is 2.58. The molecule has 21 heavy (non-hydrogen) atoms. The van der Waals surface area contributed by atoms with E-state index in [1.807, 2.05) is 0 Å². The Morgan fingerprint density at radius 3 is 2.43 bits per heavy atom. The van der Waals surface area contributed by atoms with Gasteiger partial charge in [-0.1, -0.05) is 68.5 Å². The highest BCUT2D eigenvalue weighted by atomic mass is 15.2. The molecule has 0 aromatic heterocycles. The van der Waals surface area contributed by atoms with Crippen LogP contribution in [0, 0.1) is 11.8 Å². The molecule has 0 spiro atoms. The molecule has 3 unspecified atom stereocenters. The van der Waals surface area contributed by atoms with Gasteiger partial charge in [0, 0.05) is 11.4 Å². The molecule has 0 heterocycles. The number of hydrogen-bond acceptors (Lipinski definition) is 1. The maximum absolute atomic E-state index is 2.46. The first-order valence-electron chi connectivity index (χ1n) is 7.83. The van der Waals surface area contributed by atoms with Crippen LogP contribution in [0.5, 0.6) is 0 Å². The summed E-state index contributed by atoms with van der Waals surface area (Å²) in [7, 11) is 0. The molecule has 0 saturated heterocycles. The van der Waals surface area contributed by atoms with Crippen LogP contribution in [-0.2, 0) is 0 Å². The molecule has 0 bridgehead atoms. The third kappa shape index (κ3) is 3.02. The van der Waals surface area contributed by atoms with Gasteiger partial charge in [-0.25, -0.2) is 0 Å². The molecule has 108 valence electrons. The van der Waals surface area contributed by atoms with Gasteiger partial charge < -0.3 is 4.90 Å². The first-order chi connectivity index (χ1) is 10.3. The lowest BCUT2D eigenvalue weighted by molar-refractivity contribution is 0.543. The number of hydrogen-bond donors (Lipinski definition) is 0. The SMILES string of the molecule is CC1C=CC(N(c2ccccc2)C2C=CC=CC2)=CC1C. The summed E-state index contributed by atoms with van der Waals surface area (Å²) in [5, 5.41) is 0. The molecule has 0 N–H and O–H groups in total. The van der Waals surface area contributed by atoms with Gasteiger partial charge in [0.1, 0.15) is 0 Å². The van der Waals surface area contributed by atoms with Gasteiger partial charge in [-0.05, 0) is 36.5 Å². The number of para-hydroxylation sites is 1. The van der Waals surface area contributed by atoms with Gasteiger partial charge in [0.25, 0.3) is 0 Å². The molecule has 3 atom stereocenters. The van der Waals surface area contributed by atoms with Crippen LogP contribution in [0.25, 0.3) is 0 Å². The Morgan fingerprint density at radius 2 is 1.76 bits per heavy atom. The molecule has 2 aliphatic carbocycles. The average Bonchev–Trinajstić information content (AvgIpc) is 2.53. The van der Waals surface area contributed by atoms with E-state index in [4.69, 9.17) is 0 Å². The molecule has 0 radical (unpaired) electrons. The molecular formula is C20H23N. The zero-order chi connectivity index (χ0) is 14.7. The van der Waals surface area contributed by atoms with E-state index in [9.17, 15) is 0 Å². The molecule has 0 fully saturated rings. The van der Waals surface area contributed by atoms with Crippen LogP contribution in [0.2, 0.25) is 0 Å². The maximum Gasteiger partial charge on any atom is 0.0559 e. The summed E-state index contributed by atoms with van der Waals surface area (Å²) >= 11 is 0. The number of anilines is 1. The topological polar surface area (TPSA) is 3.24 Å². The molecule has 1 heteroatoms. The van der Waals surface area contributed by atoms with Crippen LogP contribution in [0.1, 0.15) is 20.3 Å². The smallest absolute Gasteiger partial charge is 0.0559 e. The maximum atomic E-state index is 2.46. The highest BCUT2D eigenvalue weighted by Gasteiger charge is 2.22. The Kier molecular flexibility index (Phi) is 4.10. The van der Waals surface area contributed by atoms with Gasteiger partial charge in [0.05, 0.1) is 6.04 Å². The third-order valence-electron chi connectivity index (χ3n) is 4.44. The lowest BCUT2D eigenvalue weighted by Crippen LogP contribution is -2.34. The second kappa shape index (κ2) is 6.17. The third-order valence-corrected chi connectivity index (χ3v) is 4.44. The predicted molar refractivity (Wildman–Crippen MR) is 91.2 cm³/mol. The lowest BCUT2D eigenvalue weighted by Gasteiger charge is -2.35. The summed E-state index contributed by atoms with van der Waals surface area (Å²) < 4.78 is 0. The van der Waals surface area contributed by atoms with Crippen LogP contribution in [0.3, 0.4) is 0 Å². The summed E-state index contributed by atoms with van der Waals surface area (Å²) in [5.74, 6) is 1.20. The Morgan fingerprint density at radius 1 is 0.952 bits per heavy atom. The minimum absolute atomic E-state index is 0.397. The van der Waals surface area contributed by atoms with E-state index in [1.165, 1.54) is 11.4 Å². The van der Waals surface area contributed by atoms with E-state index in [0.29, 0.717) is 17.9 Å². The lowest BCUT2D eigenvalue weighted by atomic mass is 9.89. The van der Waals surface area contributed by atoms with Gasteiger partial charge in [-0.2, -0.15) is 0 Å². The summed E-state index contributed by atoms with van der Waals surface area (Å²) in [6.45, 7) is 4.58. The van der Waals surface area contributed by atoms with Crippen LogP contribution in [-0.4, -0.2) is 6.04 Å². The highest BCUT2D eigenvalue weighted by Crippen LogP contribution is 2.31. The minimum Gasteiger partial charge on any atom is -0.335 e. The largest absolute Gasteiger partial charge is 0.335 e. The molecule has 3 rings (SSSR count). The molecule has 1 aromatic carbocycles. The number of benzene rings is 1. The fourth-order valence-corrected chi connectivity index (χ4v) is 2.94. The number of nitrogens with zero attached hydrogens (tertiary/aromatic N) is 1. The molecular weight excluding hydrogens is 254 g/mol. The Bertz CT molecular complexity index is 592. The van der Waals surface area contributed by atoms with Gasteiger partial charge in [0.15, 0.2) is 0 Å². The van der Waals surface area contributed by atoms with Crippen LogP contribution in [0.15, 0.2) is 78.6 Å². The zero-order valence-corrected chi connectivity index (χ0v) is 12.8. The Hall–Kier alpha value is -2.02. The minimum atomic E-state index is 0.397. The van der Waals surface area contributed by atoms with E-state index in [-0.39, 0.29) is 0 Å². The molecule has 0 saturated carbocycles. The van der Waals surface area contributed by atoms with E-state index in [2.05, 4.69) is 91.6 Å². The average molecular weight is 277 g/mol. The standard InChI is InChI=1S/C20H23N/c1-16-13-14-20(15-17(16)2)21(18-9-5-3-6-10-18)19-11-7-4-8-12-19/h3-11,13-17,19H,12H2,1-2H3. The van der Waals surface area contributed by atoms with Gasteiger partial charge in [-0.3, -0.25) is 0 Å². The van der Waals surface area contributed by atoms with Crippen LogP contribution >= 0.6 is 0 Å². The quantitative estimate of drug-likeness (QED) is 0.742. The fraction of sp³-hybridized carbons (Fsp3) is 0.300.